The first-order valence-electron chi connectivity index (χ1n) is 8.04. The Balaban J connectivity index is 2.01. The summed E-state index contributed by atoms with van der Waals surface area (Å²) in [6.07, 6.45) is 4.89. The van der Waals surface area contributed by atoms with Crippen LogP contribution in [0.3, 0.4) is 0 Å². The monoisotopic (exact) mass is 271 g/mol. The van der Waals surface area contributed by atoms with Gasteiger partial charge < -0.3 is 26.6 Å². The van der Waals surface area contributed by atoms with E-state index in [1.807, 2.05) is 0 Å². The summed E-state index contributed by atoms with van der Waals surface area (Å²) >= 11 is 0. The molecule has 1 heterocycles. The maximum Gasteiger partial charge on any atom is 0.00767 e. The first-order valence-corrected chi connectivity index (χ1v) is 8.04. The average Bonchev–Trinajstić information content (AvgIpc) is 2.43. The first-order chi connectivity index (χ1) is 9.50. The maximum absolute atomic E-state index is 3.49. The predicted molar refractivity (Wildman–Crippen MR) is 82.8 cm³/mol. The summed E-state index contributed by atoms with van der Waals surface area (Å²) in [6.45, 7) is 11.2. The number of nitrogens with one attached hydrogen (secondary N) is 5. The van der Waals surface area contributed by atoms with Gasteiger partial charge in [0.2, 0.25) is 0 Å². The minimum absolute atomic E-state index is 1.08. The molecule has 1 rings (SSSR count). The molecule has 19 heavy (non-hydrogen) atoms. The molecule has 0 radical (unpaired) electrons. The molecule has 5 nitrogen and oxygen atoms in total. The molecule has 0 aliphatic carbocycles. The molecule has 1 aliphatic rings. The fourth-order valence-electron chi connectivity index (χ4n) is 2.16. The van der Waals surface area contributed by atoms with Gasteiger partial charge in [-0.2, -0.15) is 0 Å². The van der Waals surface area contributed by atoms with E-state index in [1.54, 1.807) is 0 Å². The van der Waals surface area contributed by atoms with Gasteiger partial charge in [-0.05, 0) is 78.0 Å². The molecule has 5 N–H and O–H groups in total. The third-order valence-electron chi connectivity index (χ3n) is 3.31. The van der Waals surface area contributed by atoms with Gasteiger partial charge in [0.25, 0.3) is 0 Å². The summed E-state index contributed by atoms with van der Waals surface area (Å²) in [5.41, 5.74) is 0. The van der Waals surface area contributed by atoms with Gasteiger partial charge in [0.15, 0.2) is 0 Å². The summed E-state index contributed by atoms with van der Waals surface area (Å²) in [6, 6.07) is 0. The van der Waals surface area contributed by atoms with E-state index in [9.17, 15) is 0 Å². The Morgan fingerprint density at radius 1 is 0.263 bits per heavy atom. The lowest BCUT2D eigenvalue weighted by Gasteiger charge is -2.07. The van der Waals surface area contributed by atoms with E-state index in [2.05, 4.69) is 26.6 Å². The van der Waals surface area contributed by atoms with Crippen molar-refractivity contribution < 1.29 is 0 Å². The van der Waals surface area contributed by atoms with Crippen molar-refractivity contribution in [2.24, 2.45) is 0 Å². The molecule has 0 spiro atoms. The van der Waals surface area contributed by atoms with Crippen molar-refractivity contribution in [3.8, 4) is 0 Å². The van der Waals surface area contributed by atoms with Gasteiger partial charge in [0.1, 0.15) is 0 Å². The highest BCUT2D eigenvalue weighted by Gasteiger charge is 1.93. The highest BCUT2D eigenvalue weighted by Crippen LogP contribution is 1.80. The van der Waals surface area contributed by atoms with Crippen molar-refractivity contribution in [2.45, 2.75) is 25.7 Å². The van der Waals surface area contributed by atoms with E-state index < -0.39 is 0 Å². The second-order valence-electron chi connectivity index (χ2n) is 5.16. The van der Waals surface area contributed by atoms with Gasteiger partial charge in [-0.25, -0.2) is 0 Å². The standard InChI is InChI=1S/C14H33N5/c1-5-15-6-2-8-17-10-4-12-19-14-13-18-11-3-9-16-7-1/h15-19H,1-14H2. The molecule has 1 saturated heterocycles. The van der Waals surface area contributed by atoms with Crippen LogP contribution in [0.1, 0.15) is 25.7 Å². The minimum atomic E-state index is 1.08. The van der Waals surface area contributed by atoms with Crippen LogP contribution in [-0.4, -0.2) is 65.4 Å². The summed E-state index contributed by atoms with van der Waals surface area (Å²) in [5, 5.41) is 17.4. The third-order valence-corrected chi connectivity index (χ3v) is 3.31. The number of hydrogen-bond donors (Lipinski definition) is 5. The van der Waals surface area contributed by atoms with Crippen LogP contribution < -0.4 is 26.6 Å². The van der Waals surface area contributed by atoms with Gasteiger partial charge in [-0.1, -0.05) is 0 Å². The average molecular weight is 271 g/mol. The Kier molecular flexibility index (Phi) is 12.6. The van der Waals surface area contributed by atoms with E-state index >= 15 is 0 Å². The fourth-order valence-corrected chi connectivity index (χ4v) is 2.16. The molecule has 0 aromatic rings. The molecule has 0 aromatic heterocycles. The molecule has 0 bridgehead atoms. The molecule has 5 heteroatoms. The van der Waals surface area contributed by atoms with E-state index in [0.29, 0.717) is 0 Å². The van der Waals surface area contributed by atoms with Gasteiger partial charge >= 0.3 is 0 Å². The van der Waals surface area contributed by atoms with Gasteiger partial charge in [-0.15, -0.1) is 0 Å². The van der Waals surface area contributed by atoms with E-state index in [4.69, 9.17) is 0 Å². The number of rotatable bonds is 0. The zero-order valence-corrected chi connectivity index (χ0v) is 12.4. The predicted octanol–water partition coefficient (Wildman–Crippen LogP) is -0.492. The molecule has 0 unspecified atom stereocenters. The summed E-state index contributed by atoms with van der Waals surface area (Å²) in [7, 11) is 0. The van der Waals surface area contributed by atoms with Crippen LogP contribution >= 0.6 is 0 Å². The summed E-state index contributed by atoms with van der Waals surface area (Å²) in [5.74, 6) is 0. The lowest BCUT2D eigenvalue weighted by molar-refractivity contribution is 0.554. The largest absolute Gasteiger partial charge is 0.317 e. The molecule has 1 fully saturated rings. The second kappa shape index (κ2) is 14.2. The van der Waals surface area contributed by atoms with Crippen molar-refractivity contribution in [3.05, 3.63) is 0 Å². The lowest BCUT2D eigenvalue weighted by atomic mass is 10.3. The second-order valence-corrected chi connectivity index (χ2v) is 5.16. The SMILES string of the molecule is C1CNCCCNCCCNCCNCCCNC1. The zero-order valence-electron chi connectivity index (χ0n) is 12.4. The number of hydrogen-bond acceptors (Lipinski definition) is 5. The Morgan fingerprint density at radius 2 is 0.474 bits per heavy atom. The Morgan fingerprint density at radius 3 is 0.737 bits per heavy atom. The zero-order chi connectivity index (χ0) is 13.4. The van der Waals surface area contributed by atoms with E-state index in [-0.39, 0.29) is 0 Å². The topological polar surface area (TPSA) is 60.1 Å². The van der Waals surface area contributed by atoms with Crippen LogP contribution in [0.2, 0.25) is 0 Å². The van der Waals surface area contributed by atoms with E-state index in [0.717, 1.165) is 65.4 Å². The van der Waals surface area contributed by atoms with Crippen molar-refractivity contribution in [3.63, 3.8) is 0 Å². The molecule has 0 atom stereocenters. The molecule has 0 amide bonds. The van der Waals surface area contributed by atoms with Crippen molar-refractivity contribution in [1.29, 1.82) is 0 Å². The Labute approximate surface area is 118 Å². The Hall–Kier alpha value is -0.200. The van der Waals surface area contributed by atoms with Crippen LogP contribution in [0.25, 0.3) is 0 Å². The first kappa shape index (κ1) is 16.9. The van der Waals surface area contributed by atoms with Gasteiger partial charge in [0, 0.05) is 13.1 Å². The van der Waals surface area contributed by atoms with Crippen LogP contribution in [0, 0.1) is 0 Å². The van der Waals surface area contributed by atoms with Crippen LogP contribution in [-0.2, 0) is 0 Å². The summed E-state index contributed by atoms with van der Waals surface area (Å²) < 4.78 is 0. The smallest absolute Gasteiger partial charge is 0.00767 e. The molecule has 0 saturated carbocycles. The molecule has 1 aliphatic heterocycles. The maximum atomic E-state index is 3.49. The Bertz CT molecular complexity index is 96.5. The molecular formula is C14H33N5. The van der Waals surface area contributed by atoms with Crippen molar-refractivity contribution >= 4 is 0 Å². The molecule has 0 aromatic carbocycles. The highest BCUT2D eigenvalue weighted by molar-refractivity contribution is 4.58. The normalized spacial score (nSPS) is 24.0. The van der Waals surface area contributed by atoms with Crippen LogP contribution in [0.5, 0.6) is 0 Å². The van der Waals surface area contributed by atoms with Gasteiger partial charge in [-0.3, -0.25) is 0 Å². The van der Waals surface area contributed by atoms with Crippen LogP contribution in [0.15, 0.2) is 0 Å². The highest BCUT2D eigenvalue weighted by atomic mass is 15.0. The van der Waals surface area contributed by atoms with Crippen LogP contribution in [0.4, 0.5) is 0 Å². The van der Waals surface area contributed by atoms with E-state index in [1.165, 1.54) is 25.7 Å². The molecule has 114 valence electrons. The third kappa shape index (κ3) is 12.6. The summed E-state index contributed by atoms with van der Waals surface area (Å²) in [4.78, 5) is 0. The van der Waals surface area contributed by atoms with Gasteiger partial charge in [0.05, 0.1) is 0 Å². The molecular weight excluding hydrogens is 238 g/mol. The van der Waals surface area contributed by atoms with Crippen molar-refractivity contribution in [2.75, 3.05) is 65.4 Å². The quantitative estimate of drug-likeness (QED) is 0.412. The minimum Gasteiger partial charge on any atom is -0.317 e. The lowest BCUT2D eigenvalue weighted by Crippen LogP contribution is -2.31. The van der Waals surface area contributed by atoms with Crippen molar-refractivity contribution in [1.82, 2.24) is 26.6 Å². The fraction of sp³-hybridized carbons (Fsp3) is 1.00.